The third-order valence-corrected chi connectivity index (χ3v) is 4.57. The molecule has 2 fully saturated rings. The number of fused-ring (bicyclic) bond motifs is 2. The Morgan fingerprint density at radius 3 is 2.75 bits per heavy atom. The molecule has 1 aromatic rings. The van der Waals surface area contributed by atoms with Gasteiger partial charge in [0.25, 0.3) is 0 Å². The topological polar surface area (TPSA) is 33.6 Å². The van der Waals surface area contributed by atoms with Gasteiger partial charge in [-0.05, 0) is 43.3 Å². The number of aromatic amines is 1. The van der Waals surface area contributed by atoms with Gasteiger partial charge in [0, 0.05) is 12.0 Å². The van der Waals surface area contributed by atoms with E-state index >= 15 is 0 Å². The highest BCUT2D eigenvalue weighted by molar-refractivity contribution is 7.71. The van der Waals surface area contributed by atoms with Crippen LogP contribution in [0.15, 0.2) is 0 Å². The smallest absolute Gasteiger partial charge is 0.195 e. The molecule has 0 unspecified atom stereocenters. The molecule has 1 N–H and O–H groups in total. The van der Waals surface area contributed by atoms with Crippen LogP contribution in [0.1, 0.15) is 57.3 Å². The molecule has 2 bridgehead atoms. The van der Waals surface area contributed by atoms with Gasteiger partial charge in [-0.1, -0.05) is 20.3 Å². The van der Waals surface area contributed by atoms with Crippen molar-refractivity contribution in [2.24, 2.45) is 11.8 Å². The minimum atomic E-state index is 0.451. The molecule has 0 saturated heterocycles. The van der Waals surface area contributed by atoms with Crippen molar-refractivity contribution in [3.63, 3.8) is 0 Å². The van der Waals surface area contributed by atoms with Crippen LogP contribution in [0.4, 0.5) is 0 Å². The maximum atomic E-state index is 5.39. The van der Waals surface area contributed by atoms with E-state index in [0.29, 0.717) is 12.0 Å². The first-order valence-corrected chi connectivity index (χ1v) is 6.74. The van der Waals surface area contributed by atoms with Crippen LogP contribution in [0.3, 0.4) is 0 Å². The van der Waals surface area contributed by atoms with E-state index in [9.17, 15) is 0 Å². The van der Waals surface area contributed by atoms with Gasteiger partial charge in [-0.25, -0.2) is 0 Å². The first-order valence-electron chi connectivity index (χ1n) is 6.33. The molecule has 0 aliphatic heterocycles. The lowest BCUT2D eigenvalue weighted by Crippen LogP contribution is -2.19. The maximum Gasteiger partial charge on any atom is 0.195 e. The predicted molar refractivity (Wildman–Crippen MR) is 66.0 cm³/mol. The summed E-state index contributed by atoms with van der Waals surface area (Å²) in [5.74, 6) is 3.40. The fourth-order valence-corrected chi connectivity index (χ4v) is 3.85. The standard InChI is InChI=1S/C12H19N3S/c1-7(2)11-13-14-12(16)15(11)10-6-8-3-4-9(10)5-8/h7-10H,3-6H2,1-2H3,(H,14,16)/t8-,9+,10-/m0/s1. The first kappa shape index (κ1) is 10.5. The summed E-state index contributed by atoms with van der Waals surface area (Å²) in [6.45, 7) is 4.38. The van der Waals surface area contributed by atoms with Gasteiger partial charge in [-0.2, -0.15) is 5.10 Å². The molecule has 3 rings (SSSR count). The molecule has 4 heteroatoms. The van der Waals surface area contributed by atoms with E-state index in [-0.39, 0.29) is 0 Å². The second-order valence-corrected chi connectivity index (χ2v) is 6.04. The van der Waals surface area contributed by atoms with E-state index in [2.05, 4.69) is 28.6 Å². The van der Waals surface area contributed by atoms with Gasteiger partial charge in [-0.3, -0.25) is 5.10 Å². The van der Waals surface area contributed by atoms with Crippen LogP contribution in [0.5, 0.6) is 0 Å². The number of nitrogens with zero attached hydrogens (tertiary/aromatic N) is 2. The average molecular weight is 237 g/mol. The van der Waals surface area contributed by atoms with Crippen LogP contribution in [-0.2, 0) is 0 Å². The molecule has 2 saturated carbocycles. The van der Waals surface area contributed by atoms with Gasteiger partial charge in [0.1, 0.15) is 5.82 Å². The van der Waals surface area contributed by atoms with Crippen LogP contribution in [0.25, 0.3) is 0 Å². The van der Waals surface area contributed by atoms with Crippen LogP contribution < -0.4 is 0 Å². The fraction of sp³-hybridized carbons (Fsp3) is 0.833. The Labute approximate surface area is 101 Å². The molecule has 0 radical (unpaired) electrons. The molecule has 3 nitrogen and oxygen atoms in total. The van der Waals surface area contributed by atoms with Gasteiger partial charge in [-0.15, -0.1) is 0 Å². The lowest BCUT2D eigenvalue weighted by atomic mass is 9.95. The first-order chi connectivity index (χ1) is 7.66. The Morgan fingerprint density at radius 2 is 2.19 bits per heavy atom. The largest absolute Gasteiger partial charge is 0.301 e. The predicted octanol–water partition coefficient (Wildman–Crippen LogP) is 3.43. The average Bonchev–Trinajstić information content (AvgIpc) is 2.90. The van der Waals surface area contributed by atoms with Crippen molar-refractivity contribution < 1.29 is 0 Å². The second kappa shape index (κ2) is 3.69. The van der Waals surface area contributed by atoms with Crippen molar-refractivity contribution in [3.05, 3.63) is 10.6 Å². The lowest BCUT2D eigenvalue weighted by molar-refractivity contribution is 0.317. The molecule has 3 atom stereocenters. The molecular weight excluding hydrogens is 218 g/mol. The van der Waals surface area contributed by atoms with Gasteiger partial charge in [0.05, 0.1) is 0 Å². The van der Waals surface area contributed by atoms with Crippen LogP contribution in [0.2, 0.25) is 0 Å². The molecule has 0 amide bonds. The molecule has 2 aliphatic carbocycles. The Kier molecular flexibility index (Phi) is 2.42. The Hall–Kier alpha value is -0.640. The van der Waals surface area contributed by atoms with Crippen LogP contribution in [-0.4, -0.2) is 14.8 Å². The highest BCUT2D eigenvalue weighted by atomic mass is 32.1. The fourth-order valence-electron chi connectivity index (χ4n) is 3.57. The Bertz CT molecular complexity index is 445. The number of aromatic nitrogens is 3. The lowest BCUT2D eigenvalue weighted by Gasteiger charge is -2.25. The summed E-state index contributed by atoms with van der Waals surface area (Å²) in [6, 6.07) is 0.627. The van der Waals surface area contributed by atoms with Gasteiger partial charge in [0.2, 0.25) is 0 Å². The molecule has 88 valence electrons. The Balaban J connectivity index is 2.00. The minimum absolute atomic E-state index is 0.451. The summed E-state index contributed by atoms with van der Waals surface area (Å²) in [5.41, 5.74) is 0. The number of nitrogens with one attached hydrogen (secondary N) is 1. The number of hydrogen-bond donors (Lipinski definition) is 1. The quantitative estimate of drug-likeness (QED) is 0.800. The van der Waals surface area contributed by atoms with Crippen LogP contribution >= 0.6 is 12.2 Å². The number of H-pyrrole nitrogens is 1. The van der Waals surface area contributed by atoms with E-state index in [4.69, 9.17) is 12.2 Å². The van der Waals surface area contributed by atoms with E-state index in [1.165, 1.54) is 25.7 Å². The second-order valence-electron chi connectivity index (χ2n) is 5.65. The molecular formula is C12H19N3S. The monoisotopic (exact) mass is 237 g/mol. The third kappa shape index (κ3) is 1.46. The van der Waals surface area contributed by atoms with E-state index in [0.717, 1.165) is 22.4 Å². The van der Waals surface area contributed by atoms with E-state index < -0.39 is 0 Å². The van der Waals surface area contributed by atoms with Gasteiger partial charge in [0.15, 0.2) is 4.77 Å². The summed E-state index contributed by atoms with van der Waals surface area (Å²) in [4.78, 5) is 0. The van der Waals surface area contributed by atoms with Crippen molar-refractivity contribution in [2.75, 3.05) is 0 Å². The molecule has 1 aromatic heterocycles. The normalized spacial score (nSPS) is 32.8. The third-order valence-electron chi connectivity index (χ3n) is 4.28. The Morgan fingerprint density at radius 1 is 1.38 bits per heavy atom. The van der Waals surface area contributed by atoms with Crippen molar-refractivity contribution in [3.8, 4) is 0 Å². The summed E-state index contributed by atoms with van der Waals surface area (Å²) in [7, 11) is 0. The molecule has 16 heavy (non-hydrogen) atoms. The zero-order valence-electron chi connectivity index (χ0n) is 9.94. The summed E-state index contributed by atoms with van der Waals surface area (Å²) < 4.78 is 3.13. The van der Waals surface area contributed by atoms with Gasteiger partial charge >= 0.3 is 0 Å². The van der Waals surface area contributed by atoms with Crippen LogP contribution in [0, 0.1) is 16.6 Å². The minimum Gasteiger partial charge on any atom is -0.301 e. The molecule has 1 heterocycles. The summed E-state index contributed by atoms with van der Waals surface area (Å²) in [5, 5.41) is 7.36. The summed E-state index contributed by atoms with van der Waals surface area (Å²) >= 11 is 5.39. The van der Waals surface area contributed by atoms with Crippen molar-refractivity contribution >= 4 is 12.2 Å². The van der Waals surface area contributed by atoms with Crippen molar-refractivity contribution in [1.82, 2.24) is 14.8 Å². The zero-order valence-corrected chi connectivity index (χ0v) is 10.8. The highest BCUT2D eigenvalue weighted by Crippen LogP contribution is 2.51. The molecule has 0 aromatic carbocycles. The highest BCUT2D eigenvalue weighted by Gasteiger charge is 2.41. The maximum absolute atomic E-state index is 5.39. The van der Waals surface area contributed by atoms with Crippen molar-refractivity contribution in [2.45, 2.75) is 51.5 Å². The molecule has 2 aliphatic rings. The number of rotatable bonds is 2. The zero-order chi connectivity index (χ0) is 11.3. The number of hydrogen-bond acceptors (Lipinski definition) is 2. The molecule has 0 spiro atoms. The van der Waals surface area contributed by atoms with Crippen molar-refractivity contribution in [1.29, 1.82) is 0 Å². The van der Waals surface area contributed by atoms with E-state index in [1.807, 2.05) is 0 Å². The SMILES string of the molecule is CC(C)c1n[nH]c(=S)n1[C@H]1C[C@H]2CC[C@@H]1C2. The summed E-state index contributed by atoms with van der Waals surface area (Å²) in [6.07, 6.45) is 5.55. The van der Waals surface area contributed by atoms with Gasteiger partial charge < -0.3 is 4.57 Å². The van der Waals surface area contributed by atoms with E-state index in [1.54, 1.807) is 0 Å².